The molecule has 0 bridgehead atoms. The Hall–Kier alpha value is -2.61. The normalized spacial score (nSPS) is 10.8. The Morgan fingerprint density at radius 3 is 2.38 bits per heavy atom. The number of carbonyl (C=O) groups is 1. The van der Waals surface area contributed by atoms with E-state index >= 15 is 0 Å². The van der Waals surface area contributed by atoms with Crippen molar-refractivity contribution in [2.75, 3.05) is 12.4 Å². The Bertz CT molecular complexity index is 746. The third-order valence-electron chi connectivity index (χ3n) is 3.03. The summed E-state index contributed by atoms with van der Waals surface area (Å²) in [6.07, 6.45) is -4.45. The van der Waals surface area contributed by atoms with Gasteiger partial charge in [0.1, 0.15) is 5.75 Å². The van der Waals surface area contributed by atoms with Crippen LogP contribution in [-0.4, -0.2) is 18.1 Å². The topological polar surface area (TPSA) is 50.4 Å². The van der Waals surface area contributed by atoms with Crippen LogP contribution in [0.25, 0.3) is 0 Å². The van der Waals surface area contributed by atoms with E-state index in [1.165, 1.54) is 19.2 Å². The Labute approximate surface area is 141 Å². The maximum absolute atomic E-state index is 12.7. The Balaban J connectivity index is 2.01. The van der Waals surface area contributed by atoms with E-state index in [4.69, 9.17) is 17.0 Å². The lowest BCUT2D eigenvalue weighted by atomic mass is 10.2. The molecule has 0 aliphatic carbocycles. The molecule has 4 nitrogen and oxygen atoms in total. The van der Waals surface area contributed by atoms with E-state index in [-0.39, 0.29) is 10.8 Å². The standard InChI is InChI=1S/C16H13F3N2O2S/c1-23-13-7-5-10(6-8-13)14(22)21-15(24)20-12-4-2-3-11(9-12)16(17,18)19/h2-9H,1H3,(H2,20,21,22,24). The molecule has 0 saturated heterocycles. The van der Waals surface area contributed by atoms with Crippen molar-refractivity contribution < 1.29 is 22.7 Å². The molecule has 1 amide bonds. The highest BCUT2D eigenvalue weighted by Gasteiger charge is 2.30. The highest BCUT2D eigenvalue weighted by atomic mass is 32.1. The molecule has 0 heterocycles. The summed E-state index contributed by atoms with van der Waals surface area (Å²) in [5, 5.41) is 4.85. The van der Waals surface area contributed by atoms with Crippen molar-refractivity contribution in [3.8, 4) is 5.75 Å². The van der Waals surface area contributed by atoms with Crippen LogP contribution in [0.3, 0.4) is 0 Å². The zero-order valence-corrected chi connectivity index (χ0v) is 13.3. The second-order valence-corrected chi connectivity index (χ2v) is 5.12. The summed E-state index contributed by atoms with van der Waals surface area (Å²) >= 11 is 4.95. The molecule has 0 aliphatic rings. The highest BCUT2D eigenvalue weighted by molar-refractivity contribution is 7.80. The number of anilines is 1. The first-order valence-electron chi connectivity index (χ1n) is 6.73. The fourth-order valence-electron chi connectivity index (χ4n) is 1.85. The molecule has 0 aromatic heterocycles. The number of alkyl halides is 3. The number of benzene rings is 2. The zero-order chi connectivity index (χ0) is 17.7. The summed E-state index contributed by atoms with van der Waals surface area (Å²) < 4.78 is 43.0. The number of ether oxygens (including phenoxy) is 1. The van der Waals surface area contributed by atoms with Gasteiger partial charge in [-0.1, -0.05) is 6.07 Å². The van der Waals surface area contributed by atoms with Gasteiger partial charge in [0.2, 0.25) is 0 Å². The zero-order valence-electron chi connectivity index (χ0n) is 12.5. The largest absolute Gasteiger partial charge is 0.497 e. The Morgan fingerprint density at radius 1 is 1.12 bits per heavy atom. The fraction of sp³-hybridized carbons (Fsp3) is 0.125. The van der Waals surface area contributed by atoms with E-state index in [0.717, 1.165) is 12.1 Å². The Kier molecular flexibility index (Phi) is 5.40. The average Bonchev–Trinajstić information content (AvgIpc) is 2.54. The molecule has 0 saturated carbocycles. The minimum absolute atomic E-state index is 0.102. The van der Waals surface area contributed by atoms with E-state index in [2.05, 4.69) is 10.6 Å². The van der Waals surface area contributed by atoms with E-state index in [9.17, 15) is 18.0 Å². The van der Waals surface area contributed by atoms with E-state index in [0.29, 0.717) is 11.3 Å². The van der Waals surface area contributed by atoms with Crippen LogP contribution >= 0.6 is 12.2 Å². The molecule has 8 heteroatoms. The average molecular weight is 354 g/mol. The Morgan fingerprint density at radius 2 is 1.79 bits per heavy atom. The van der Waals surface area contributed by atoms with Crippen LogP contribution in [0.5, 0.6) is 5.75 Å². The van der Waals surface area contributed by atoms with Gasteiger partial charge in [0.05, 0.1) is 12.7 Å². The summed E-state index contributed by atoms with van der Waals surface area (Å²) in [5.41, 5.74) is -0.342. The minimum Gasteiger partial charge on any atom is -0.497 e. The van der Waals surface area contributed by atoms with Crippen molar-refractivity contribution in [1.29, 1.82) is 0 Å². The SMILES string of the molecule is COc1ccc(C(=O)NC(=S)Nc2cccc(C(F)(F)F)c2)cc1. The van der Waals surface area contributed by atoms with Crippen LogP contribution in [0.1, 0.15) is 15.9 Å². The summed E-state index contributed by atoms with van der Waals surface area (Å²) in [6, 6.07) is 10.8. The monoisotopic (exact) mass is 354 g/mol. The molecule has 0 unspecified atom stereocenters. The summed E-state index contributed by atoms with van der Waals surface area (Å²) in [4.78, 5) is 12.0. The number of rotatable bonds is 3. The maximum Gasteiger partial charge on any atom is 0.416 e. The molecule has 2 rings (SSSR count). The number of hydrogen-bond donors (Lipinski definition) is 2. The van der Waals surface area contributed by atoms with Crippen LogP contribution < -0.4 is 15.4 Å². The first-order valence-corrected chi connectivity index (χ1v) is 7.14. The number of nitrogens with one attached hydrogen (secondary N) is 2. The van der Waals surface area contributed by atoms with E-state index in [1.807, 2.05) is 0 Å². The number of hydrogen-bond acceptors (Lipinski definition) is 3. The lowest BCUT2D eigenvalue weighted by molar-refractivity contribution is -0.137. The number of methoxy groups -OCH3 is 1. The number of amides is 1. The first-order chi connectivity index (χ1) is 11.3. The molecule has 126 valence electrons. The molecule has 0 fully saturated rings. The first kappa shape index (κ1) is 17.7. The van der Waals surface area contributed by atoms with Gasteiger partial charge in [0.25, 0.3) is 5.91 Å². The molecule has 2 N–H and O–H groups in total. The summed E-state index contributed by atoms with van der Waals surface area (Å²) in [7, 11) is 1.50. The number of halogens is 3. The number of thiocarbonyl (C=S) groups is 1. The molecule has 24 heavy (non-hydrogen) atoms. The van der Waals surface area contributed by atoms with Crippen molar-refractivity contribution in [2.24, 2.45) is 0 Å². The number of carbonyl (C=O) groups excluding carboxylic acids is 1. The second-order valence-electron chi connectivity index (χ2n) is 4.72. The van der Waals surface area contributed by atoms with Gasteiger partial charge < -0.3 is 10.1 Å². The minimum atomic E-state index is -4.45. The van der Waals surface area contributed by atoms with Crippen molar-refractivity contribution in [2.45, 2.75) is 6.18 Å². The molecular weight excluding hydrogens is 341 g/mol. The predicted octanol–water partition coefficient (Wildman–Crippen LogP) is 3.84. The molecule has 0 atom stereocenters. The van der Waals surface area contributed by atoms with Crippen LogP contribution in [-0.2, 0) is 6.18 Å². The van der Waals surface area contributed by atoms with Crippen LogP contribution in [0.15, 0.2) is 48.5 Å². The van der Waals surface area contributed by atoms with Gasteiger partial charge in [0, 0.05) is 11.3 Å². The third kappa shape index (κ3) is 4.69. The van der Waals surface area contributed by atoms with Crippen molar-refractivity contribution in [1.82, 2.24) is 5.32 Å². The van der Waals surface area contributed by atoms with Crippen molar-refractivity contribution in [3.63, 3.8) is 0 Å². The second kappa shape index (κ2) is 7.31. The summed E-state index contributed by atoms with van der Waals surface area (Å²) in [6.45, 7) is 0. The lowest BCUT2D eigenvalue weighted by Crippen LogP contribution is -2.34. The van der Waals surface area contributed by atoms with Gasteiger partial charge in [-0.3, -0.25) is 10.1 Å². The van der Waals surface area contributed by atoms with Crippen LogP contribution in [0.2, 0.25) is 0 Å². The van der Waals surface area contributed by atoms with Crippen molar-refractivity contribution in [3.05, 3.63) is 59.7 Å². The van der Waals surface area contributed by atoms with Gasteiger partial charge in [-0.15, -0.1) is 0 Å². The van der Waals surface area contributed by atoms with Gasteiger partial charge in [0.15, 0.2) is 5.11 Å². The molecule has 0 aliphatic heterocycles. The summed E-state index contributed by atoms with van der Waals surface area (Å²) in [5.74, 6) is 0.110. The highest BCUT2D eigenvalue weighted by Crippen LogP contribution is 2.30. The third-order valence-corrected chi connectivity index (χ3v) is 3.23. The van der Waals surface area contributed by atoms with E-state index < -0.39 is 17.6 Å². The predicted molar refractivity (Wildman–Crippen MR) is 88.1 cm³/mol. The van der Waals surface area contributed by atoms with Gasteiger partial charge in [-0.05, 0) is 54.7 Å². The van der Waals surface area contributed by atoms with Crippen molar-refractivity contribution >= 4 is 28.9 Å². The smallest absolute Gasteiger partial charge is 0.416 e. The molecule has 0 spiro atoms. The van der Waals surface area contributed by atoms with Crippen LogP contribution in [0, 0.1) is 0 Å². The van der Waals surface area contributed by atoms with Gasteiger partial charge in [-0.2, -0.15) is 13.2 Å². The molecule has 2 aromatic carbocycles. The lowest BCUT2D eigenvalue weighted by Gasteiger charge is -2.12. The molecule has 0 radical (unpaired) electrons. The van der Waals surface area contributed by atoms with E-state index in [1.54, 1.807) is 24.3 Å². The quantitative estimate of drug-likeness (QED) is 0.823. The fourth-order valence-corrected chi connectivity index (χ4v) is 2.06. The van der Waals surface area contributed by atoms with Gasteiger partial charge in [-0.25, -0.2) is 0 Å². The molecule has 2 aromatic rings. The molecular formula is C16H13F3N2O2S. The van der Waals surface area contributed by atoms with Gasteiger partial charge >= 0.3 is 6.18 Å². The van der Waals surface area contributed by atoms with Crippen LogP contribution in [0.4, 0.5) is 18.9 Å². The maximum atomic E-state index is 12.7.